The quantitative estimate of drug-likeness (QED) is 0.0421. The average Bonchev–Trinajstić information content (AvgIpc) is 3.42. The Morgan fingerprint density at radius 3 is 2.62 bits per heavy atom. The largest absolute Gasteiger partial charge is 0.513 e. The molecule has 45 heavy (non-hydrogen) atoms. The number of benzene rings is 2. The van der Waals surface area contributed by atoms with Gasteiger partial charge in [-0.2, -0.15) is 4.39 Å². The van der Waals surface area contributed by atoms with Crippen molar-refractivity contribution >= 4 is 34.7 Å². The first-order valence-corrected chi connectivity index (χ1v) is 14.8. The summed E-state index contributed by atoms with van der Waals surface area (Å²) in [5, 5.41) is 30.0. The van der Waals surface area contributed by atoms with Crippen molar-refractivity contribution in [3.63, 3.8) is 0 Å². The fraction of sp³-hybridized carbons (Fsp3) is 0.242. The Morgan fingerprint density at radius 2 is 1.93 bits per heavy atom. The number of fused-ring (bicyclic) bond motifs is 1. The van der Waals surface area contributed by atoms with Crippen LogP contribution in [-0.4, -0.2) is 39.1 Å². The van der Waals surface area contributed by atoms with Crippen molar-refractivity contribution in [2.75, 3.05) is 6.61 Å². The van der Waals surface area contributed by atoms with Crippen LogP contribution < -0.4 is 14.9 Å². The number of carboxylic acid groups (broad SMARTS) is 1. The lowest BCUT2D eigenvalue weighted by molar-refractivity contribution is 0.101. The Hall–Kier alpha value is -4.81. The van der Waals surface area contributed by atoms with Crippen molar-refractivity contribution in [3.05, 3.63) is 106 Å². The summed E-state index contributed by atoms with van der Waals surface area (Å²) in [6, 6.07) is 9.07. The maximum absolute atomic E-state index is 13.6. The highest BCUT2D eigenvalue weighted by Gasteiger charge is 2.23. The number of aliphatic hydroxyl groups is 1. The molecule has 12 heteroatoms. The summed E-state index contributed by atoms with van der Waals surface area (Å²) in [7, 11) is 0. The van der Waals surface area contributed by atoms with Crippen LogP contribution in [0.25, 0.3) is 11.0 Å². The zero-order chi connectivity index (χ0) is 32.5. The number of ketones is 1. The van der Waals surface area contributed by atoms with E-state index in [0.29, 0.717) is 35.7 Å². The lowest BCUT2D eigenvalue weighted by Gasteiger charge is -2.18. The second-order valence-electron chi connectivity index (χ2n) is 9.86. The molecule has 2 heterocycles. The third kappa shape index (κ3) is 8.64. The Labute approximate surface area is 261 Å². The lowest BCUT2D eigenvalue weighted by Crippen LogP contribution is -2.12. The number of thioether (sulfide) groups is 1. The van der Waals surface area contributed by atoms with Gasteiger partial charge in [0.2, 0.25) is 0 Å². The van der Waals surface area contributed by atoms with E-state index in [-0.39, 0.29) is 33.6 Å². The normalized spacial score (nSPS) is 13.0. The van der Waals surface area contributed by atoms with E-state index < -0.39 is 34.9 Å². The van der Waals surface area contributed by atoms with Gasteiger partial charge >= 0.3 is 6.16 Å². The molecule has 0 saturated carbocycles. The fourth-order valence-electron chi connectivity index (χ4n) is 4.47. The summed E-state index contributed by atoms with van der Waals surface area (Å²) in [6.45, 7) is 3.68. The second-order valence-corrected chi connectivity index (χ2v) is 11.1. The maximum Gasteiger partial charge on any atom is 0.513 e. The number of carbonyl (C=O) groups excluding carboxylic acids is 1. The van der Waals surface area contributed by atoms with E-state index in [1.165, 1.54) is 30.8 Å². The molecule has 0 spiro atoms. The third-order valence-corrected chi connectivity index (χ3v) is 7.80. The number of rotatable bonds is 14. The van der Waals surface area contributed by atoms with E-state index in [9.17, 15) is 29.0 Å². The highest BCUT2D eigenvalue weighted by atomic mass is 32.2. The van der Waals surface area contributed by atoms with Crippen LogP contribution in [0, 0.1) is 6.01 Å². The Morgan fingerprint density at radius 1 is 1.13 bits per heavy atom. The van der Waals surface area contributed by atoms with Crippen molar-refractivity contribution in [2.24, 2.45) is 0 Å². The highest BCUT2D eigenvalue weighted by molar-refractivity contribution is 8.00. The van der Waals surface area contributed by atoms with E-state index >= 15 is 0 Å². The molecular weight excluding hydrogens is 607 g/mol. The van der Waals surface area contributed by atoms with Gasteiger partial charge in [0.25, 0.3) is 12.0 Å². The number of halogens is 1. The number of carbonyl (C=O) groups is 2. The summed E-state index contributed by atoms with van der Waals surface area (Å²) < 4.78 is 34.1. The van der Waals surface area contributed by atoms with E-state index in [0.717, 1.165) is 24.8 Å². The predicted octanol–water partition coefficient (Wildman–Crippen LogP) is 7.22. The molecule has 4 aromatic rings. The smallest absolute Gasteiger partial charge is 0.507 e. The van der Waals surface area contributed by atoms with E-state index in [2.05, 4.69) is 4.74 Å². The molecule has 2 aromatic heterocycles. The second kappa shape index (κ2) is 15.3. The van der Waals surface area contributed by atoms with E-state index in [1.54, 1.807) is 36.4 Å². The van der Waals surface area contributed by atoms with Crippen LogP contribution in [0.4, 0.5) is 9.18 Å². The molecule has 0 saturated heterocycles. The molecule has 2 atom stereocenters. The molecule has 0 fully saturated rings. The molecule has 10 nitrogen and oxygen atoms in total. The summed E-state index contributed by atoms with van der Waals surface area (Å²) in [6.07, 6.45) is 7.18. The van der Waals surface area contributed by atoms with Gasteiger partial charge in [0.15, 0.2) is 11.2 Å². The number of allylic oxidation sites excluding steroid dienone is 2. The van der Waals surface area contributed by atoms with Gasteiger partial charge in [-0.05, 0) is 50.1 Å². The predicted molar refractivity (Wildman–Crippen MR) is 165 cm³/mol. The summed E-state index contributed by atoms with van der Waals surface area (Å²) >= 11 is 1.19. The first-order chi connectivity index (χ1) is 21.6. The Bertz CT molecular complexity index is 1790. The zero-order valence-electron chi connectivity index (χ0n) is 24.4. The number of phenols is 1. The number of phenolic OH excluding ortho intramolecular Hbond substituents is 1. The van der Waals surface area contributed by atoms with Gasteiger partial charge in [0.05, 0.1) is 41.2 Å². The van der Waals surface area contributed by atoms with Gasteiger partial charge < -0.3 is 33.6 Å². The fourth-order valence-corrected chi connectivity index (χ4v) is 5.56. The number of ether oxygens (including phenoxy) is 2. The molecule has 2 aromatic carbocycles. The van der Waals surface area contributed by atoms with Crippen LogP contribution in [0.3, 0.4) is 0 Å². The highest BCUT2D eigenvalue weighted by Crippen LogP contribution is 2.36. The molecule has 0 bridgehead atoms. The van der Waals surface area contributed by atoms with Crippen LogP contribution in [0.1, 0.15) is 54.3 Å². The van der Waals surface area contributed by atoms with Crippen molar-refractivity contribution in [1.82, 2.24) is 0 Å². The van der Waals surface area contributed by atoms with Crippen LogP contribution in [0.15, 0.2) is 91.6 Å². The van der Waals surface area contributed by atoms with Crippen LogP contribution in [0.2, 0.25) is 0 Å². The van der Waals surface area contributed by atoms with Crippen LogP contribution in [0.5, 0.6) is 17.4 Å². The SMILES string of the molecule is CCCc1c(OCC/C=C\C=C\[C@H](Sc2ccc3c(=O)cc(OC(=O)O)oc3c2)[C@H](O)c2coc(F)c2)ccc(C(C)=O)c1O. The number of aliphatic hydroxyl groups excluding tert-OH is 1. The van der Waals surface area contributed by atoms with Gasteiger partial charge in [0.1, 0.15) is 17.1 Å². The number of hydrogen-bond acceptors (Lipinski definition) is 10. The maximum atomic E-state index is 13.6. The first kappa shape index (κ1) is 33.1. The minimum atomic E-state index is -1.63. The molecule has 4 rings (SSSR count). The Balaban J connectivity index is 1.47. The number of aromatic hydroxyl groups is 1. The summed E-state index contributed by atoms with van der Waals surface area (Å²) in [5.41, 5.74) is 0.668. The third-order valence-electron chi connectivity index (χ3n) is 6.59. The molecule has 3 N–H and O–H groups in total. The van der Waals surface area contributed by atoms with Crippen molar-refractivity contribution < 1.29 is 47.6 Å². The molecular formula is C33H31FO10S. The van der Waals surface area contributed by atoms with Crippen molar-refractivity contribution in [2.45, 2.75) is 49.4 Å². The minimum absolute atomic E-state index is 0.0532. The summed E-state index contributed by atoms with van der Waals surface area (Å²) in [5.74, 6) is -0.240. The Kier molecular flexibility index (Phi) is 11.2. The molecule has 0 amide bonds. The van der Waals surface area contributed by atoms with Crippen molar-refractivity contribution in [1.29, 1.82) is 0 Å². The zero-order valence-corrected chi connectivity index (χ0v) is 25.2. The molecule has 0 aliphatic rings. The number of hydrogen-bond donors (Lipinski definition) is 3. The van der Waals surface area contributed by atoms with E-state index in [1.807, 2.05) is 13.0 Å². The lowest BCUT2D eigenvalue weighted by atomic mass is 10.0. The topological polar surface area (TPSA) is 157 Å². The minimum Gasteiger partial charge on any atom is -0.507 e. The number of Topliss-reactive ketones (excluding diaryl/α,β-unsaturated/α-hetero) is 1. The van der Waals surface area contributed by atoms with Gasteiger partial charge in [-0.1, -0.05) is 37.6 Å². The molecule has 0 aliphatic heterocycles. The van der Waals surface area contributed by atoms with Crippen molar-refractivity contribution in [3.8, 4) is 17.4 Å². The van der Waals surface area contributed by atoms with E-state index in [4.69, 9.17) is 18.7 Å². The summed E-state index contributed by atoms with van der Waals surface area (Å²) in [4.78, 5) is 35.6. The molecule has 0 radical (unpaired) electrons. The van der Waals surface area contributed by atoms with Gasteiger partial charge in [0, 0.05) is 22.1 Å². The van der Waals surface area contributed by atoms with Gasteiger partial charge in [-0.3, -0.25) is 9.59 Å². The molecule has 0 unspecified atom stereocenters. The monoisotopic (exact) mass is 638 g/mol. The number of furan rings is 1. The average molecular weight is 639 g/mol. The van der Waals surface area contributed by atoms with Crippen LogP contribution in [-0.2, 0) is 6.42 Å². The standard InChI is InChI=1S/C33H31FO10S/c1-3-8-24-26(13-12-22(19(2)35)32(24)38)41-14-7-5-4-6-9-28(31(37)20-15-29(34)42-18-20)45-21-10-11-23-25(36)17-30(44-33(39)40)43-27(23)16-21/h4-6,9-13,15-18,28,31,37-38H,3,7-8,14H2,1-2H3,(H,39,40)/b5-4-,9-6+/t28-,31+/m0/s1. The molecule has 236 valence electrons. The molecule has 0 aliphatic carbocycles. The van der Waals surface area contributed by atoms with Gasteiger partial charge in [-0.25, -0.2) is 4.79 Å². The van der Waals surface area contributed by atoms with Gasteiger partial charge in [-0.15, -0.1) is 11.8 Å². The first-order valence-electron chi connectivity index (χ1n) is 14.0. The van der Waals surface area contributed by atoms with Crippen LogP contribution >= 0.6 is 11.8 Å².